The number of amides is 2. The standard InChI is InChI=1S/C34H48N6OS/c1-6-38-16-15-27-28(21-38)42-33-29(27)32(36-31(37-33)24-11-8-7-9-12-24)39-17-19-40(20-18-39)34(41)35-30-25(22(2)3)13-10-14-26(30)23(4)5/h10,13-14,22-24H,6-9,11-12,15-21H2,1-5H3,(H,35,41). The van der Waals surface area contributed by atoms with Crippen molar-refractivity contribution < 1.29 is 4.79 Å². The van der Waals surface area contributed by atoms with Gasteiger partial charge in [0.15, 0.2) is 0 Å². The van der Waals surface area contributed by atoms with E-state index in [9.17, 15) is 4.79 Å². The molecule has 1 aliphatic carbocycles. The lowest BCUT2D eigenvalue weighted by Crippen LogP contribution is -2.50. The molecule has 3 aromatic rings. The number of fused-ring (bicyclic) bond motifs is 3. The van der Waals surface area contributed by atoms with Gasteiger partial charge < -0.3 is 15.1 Å². The Kier molecular flexibility index (Phi) is 8.73. The van der Waals surface area contributed by atoms with Gasteiger partial charge in [0.2, 0.25) is 0 Å². The minimum Gasteiger partial charge on any atom is -0.352 e. The lowest BCUT2D eigenvalue weighted by Gasteiger charge is -2.36. The maximum absolute atomic E-state index is 13.6. The molecule has 42 heavy (non-hydrogen) atoms. The summed E-state index contributed by atoms with van der Waals surface area (Å²) in [4.78, 5) is 33.8. The molecule has 226 valence electrons. The maximum atomic E-state index is 13.6. The monoisotopic (exact) mass is 588 g/mol. The molecular weight excluding hydrogens is 540 g/mol. The molecule has 0 atom stereocenters. The molecule has 7 nitrogen and oxygen atoms in total. The molecule has 3 aliphatic rings. The second-order valence-corrected chi connectivity index (χ2v) is 14.2. The number of likely N-dealkylation sites (N-methyl/N-ethyl adjacent to an activating group) is 1. The number of urea groups is 1. The van der Waals surface area contributed by atoms with E-state index in [1.54, 1.807) is 0 Å². The molecule has 2 fully saturated rings. The second kappa shape index (κ2) is 12.5. The van der Waals surface area contributed by atoms with Crippen LogP contribution in [0.5, 0.6) is 0 Å². The summed E-state index contributed by atoms with van der Waals surface area (Å²) < 4.78 is 0. The molecule has 1 aromatic carbocycles. The lowest BCUT2D eigenvalue weighted by molar-refractivity contribution is 0.208. The molecular formula is C34H48N6OS. The number of aromatic nitrogens is 2. The van der Waals surface area contributed by atoms with Crippen LogP contribution in [0.1, 0.15) is 112 Å². The number of anilines is 2. The Bertz CT molecular complexity index is 1390. The topological polar surface area (TPSA) is 64.6 Å². The van der Waals surface area contributed by atoms with Crippen LogP contribution in [-0.2, 0) is 13.0 Å². The van der Waals surface area contributed by atoms with E-state index in [4.69, 9.17) is 9.97 Å². The van der Waals surface area contributed by atoms with E-state index in [2.05, 4.69) is 67.9 Å². The molecule has 2 aliphatic heterocycles. The summed E-state index contributed by atoms with van der Waals surface area (Å²) in [6, 6.07) is 6.42. The number of para-hydroxylation sites is 1. The van der Waals surface area contributed by atoms with Crippen molar-refractivity contribution in [2.45, 2.75) is 97.4 Å². The Morgan fingerprint density at radius 2 is 1.67 bits per heavy atom. The number of rotatable bonds is 6. The Balaban J connectivity index is 1.25. The number of hydrogen-bond acceptors (Lipinski definition) is 6. The average molecular weight is 589 g/mol. The summed E-state index contributed by atoms with van der Waals surface area (Å²) in [6.07, 6.45) is 7.35. The normalized spacial score (nSPS) is 18.7. The van der Waals surface area contributed by atoms with Gasteiger partial charge in [0.25, 0.3) is 0 Å². The molecule has 0 spiro atoms. The van der Waals surface area contributed by atoms with Crippen LogP contribution in [0.3, 0.4) is 0 Å². The molecule has 4 heterocycles. The van der Waals surface area contributed by atoms with Gasteiger partial charge in [0, 0.05) is 55.8 Å². The fourth-order valence-corrected chi connectivity index (χ4v) is 8.35. The van der Waals surface area contributed by atoms with Crippen molar-refractivity contribution in [3.05, 3.63) is 45.6 Å². The first-order valence-electron chi connectivity index (χ1n) is 16.3. The number of nitrogens with one attached hydrogen (secondary N) is 1. The quantitative estimate of drug-likeness (QED) is 0.319. The number of hydrogen-bond donors (Lipinski definition) is 1. The first-order chi connectivity index (χ1) is 20.3. The second-order valence-electron chi connectivity index (χ2n) is 13.1. The number of carbonyl (C=O) groups excluding carboxylic acids is 1. The van der Waals surface area contributed by atoms with Crippen LogP contribution in [0.4, 0.5) is 16.3 Å². The molecule has 0 bridgehead atoms. The van der Waals surface area contributed by atoms with Crippen LogP contribution in [-0.4, -0.2) is 65.1 Å². The molecule has 2 aromatic heterocycles. The molecule has 2 amide bonds. The first kappa shape index (κ1) is 29.4. The van der Waals surface area contributed by atoms with E-state index in [-0.39, 0.29) is 6.03 Å². The van der Waals surface area contributed by atoms with E-state index >= 15 is 0 Å². The Morgan fingerprint density at radius 1 is 0.976 bits per heavy atom. The van der Waals surface area contributed by atoms with Crippen molar-refractivity contribution in [2.75, 3.05) is 49.5 Å². The van der Waals surface area contributed by atoms with Crippen LogP contribution in [0.25, 0.3) is 10.2 Å². The summed E-state index contributed by atoms with van der Waals surface area (Å²) in [5, 5.41) is 4.62. The highest BCUT2D eigenvalue weighted by atomic mass is 32.1. The van der Waals surface area contributed by atoms with Crippen LogP contribution < -0.4 is 10.2 Å². The van der Waals surface area contributed by atoms with Gasteiger partial charge in [0.1, 0.15) is 16.5 Å². The molecule has 8 heteroatoms. The third kappa shape index (κ3) is 5.77. The zero-order chi connectivity index (χ0) is 29.4. The van der Waals surface area contributed by atoms with Gasteiger partial charge in [-0.3, -0.25) is 4.90 Å². The molecule has 1 saturated heterocycles. The van der Waals surface area contributed by atoms with E-state index in [1.165, 1.54) is 63.9 Å². The van der Waals surface area contributed by atoms with E-state index in [0.717, 1.165) is 56.5 Å². The zero-order valence-electron chi connectivity index (χ0n) is 26.2. The number of benzene rings is 1. The molecule has 1 N–H and O–H groups in total. The highest BCUT2D eigenvalue weighted by Crippen LogP contribution is 2.41. The van der Waals surface area contributed by atoms with Crippen molar-refractivity contribution >= 4 is 39.1 Å². The summed E-state index contributed by atoms with van der Waals surface area (Å²) in [6.45, 7) is 17.2. The Labute approximate surface area is 255 Å². The number of carbonyl (C=O) groups is 1. The third-order valence-corrected chi connectivity index (χ3v) is 10.8. The molecule has 0 unspecified atom stereocenters. The largest absolute Gasteiger partial charge is 0.352 e. The molecule has 0 radical (unpaired) electrons. The minimum absolute atomic E-state index is 0.00736. The number of piperazine rings is 1. The van der Waals surface area contributed by atoms with Crippen LogP contribution in [0, 0.1) is 0 Å². The Hall–Kier alpha value is -2.71. The summed E-state index contributed by atoms with van der Waals surface area (Å²) in [5.41, 5.74) is 4.87. The predicted molar refractivity (Wildman–Crippen MR) is 175 cm³/mol. The van der Waals surface area contributed by atoms with Gasteiger partial charge in [-0.2, -0.15) is 0 Å². The Morgan fingerprint density at radius 3 is 2.31 bits per heavy atom. The van der Waals surface area contributed by atoms with Gasteiger partial charge >= 0.3 is 6.03 Å². The van der Waals surface area contributed by atoms with Gasteiger partial charge in [-0.1, -0.05) is 72.1 Å². The van der Waals surface area contributed by atoms with Gasteiger partial charge in [-0.15, -0.1) is 11.3 Å². The fraction of sp³-hybridized carbons (Fsp3) is 0.618. The minimum atomic E-state index is 0.00736. The highest BCUT2D eigenvalue weighted by Gasteiger charge is 2.30. The van der Waals surface area contributed by atoms with Gasteiger partial charge in [0.05, 0.1) is 5.39 Å². The predicted octanol–water partition coefficient (Wildman–Crippen LogP) is 7.72. The summed E-state index contributed by atoms with van der Waals surface area (Å²) >= 11 is 1.90. The van der Waals surface area contributed by atoms with Crippen LogP contribution in [0.2, 0.25) is 0 Å². The van der Waals surface area contributed by atoms with E-state index in [1.807, 2.05) is 16.2 Å². The van der Waals surface area contributed by atoms with Crippen molar-refractivity contribution in [2.24, 2.45) is 0 Å². The average Bonchev–Trinajstić information content (AvgIpc) is 3.38. The van der Waals surface area contributed by atoms with Crippen LogP contribution in [0.15, 0.2) is 18.2 Å². The van der Waals surface area contributed by atoms with Crippen molar-refractivity contribution in [3.63, 3.8) is 0 Å². The van der Waals surface area contributed by atoms with Crippen molar-refractivity contribution in [1.82, 2.24) is 19.8 Å². The van der Waals surface area contributed by atoms with E-state index < -0.39 is 0 Å². The number of thiophene rings is 1. The summed E-state index contributed by atoms with van der Waals surface area (Å²) in [5.74, 6) is 3.33. The number of nitrogens with zero attached hydrogens (tertiary/aromatic N) is 5. The highest BCUT2D eigenvalue weighted by molar-refractivity contribution is 7.19. The maximum Gasteiger partial charge on any atom is 0.321 e. The van der Waals surface area contributed by atoms with E-state index in [0.29, 0.717) is 30.8 Å². The molecule has 1 saturated carbocycles. The zero-order valence-corrected chi connectivity index (χ0v) is 27.0. The third-order valence-electron chi connectivity index (χ3n) is 9.67. The summed E-state index contributed by atoms with van der Waals surface area (Å²) in [7, 11) is 0. The first-order valence-corrected chi connectivity index (χ1v) is 17.1. The van der Waals surface area contributed by atoms with Gasteiger partial charge in [-0.05, 0) is 54.3 Å². The van der Waals surface area contributed by atoms with Crippen molar-refractivity contribution in [1.29, 1.82) is 0 Å². The van der Waals surface area contributed by atoms with Gasteiger partial charge in [-0.25, -0.2) is 14.8 Å². The molecule has 6 rings (SSSR count). The smallest absolute Gasteiger partial charge is 0.321 e. The van der Waals surface area contributed by atoms with Crippen LogP contribution >= 0.6 is 11.3 Å². The SMILES string of the molecule is CCN1CCc2c(sc3nc(C4CCCCC4)nc(N4CCN(C(=O)Nc5c(C(C)C)cccc5C(C)C)CC4)c23)C1. The fourth-order valence-electron chi connectivity index (χ4n) is 7.09. The lowest BCUT2D eigenvalue weighted by atomic mass is 9.88. The van der Waals surface area contributed by atoms with Crippen molar-refractivity contribution in [3.8, 4) is 0 Å².